The molecule has 0 amide bonds. The number of carbonyl (C=O) groups excluding carboxylic acids is 1. The lowest BCUT2D eigenvalue weighted by molar-refractivity contribution is 0.101. The Morgan fingerprint density at radius 1 is 1.20 bits per heavy atom. The summed E-state index contributed by atoms with van der Waals surface area (Å²) in [4.78, 5) is 16.3. The number of hydrogen-bond donors (Lipinski definition) is 0. The van der Waals surface area contributed by atoms with Crippen molar-refractivity contribution in [3.8, 4) is 11.3 Å². The van der Waals surface area contributed by atoms with Crippen molar-refractivity contribution in [3.63, 3.8) is 0 Å². The fraction of sp³-hybridized carbons (Fsp3) is 0.133. The molecule has 0 radical (unpaired) electrons. The summed E-state index contributed by atoms with van der Waals surface area (Å²) < 4.78 is 15.4. The van der Waals surface area contributed by atoms with Crippen LogP contribution in [0.3, 0.4) is 0 Å². The quantitative estimate of drug-likeness (QED) is 0.672. The Balaban J connectivity index is 2.39. The van der Waals surface area contributed by atoms with Gasteiger partial charge in [-0.05, 0) is 31.2 Å². The highest BCUT2D eigenvalue weighted by molar-refractivity contribution is 5.99. The third-order valence-corrected chi connectivity index (χ3v) is 3.07. The number of rotatable bonds is 2. The molecule has 0 atom stereocenters. The molecule has 5 heteroatoms. The average Bonchev–Trinajstić information content (AvgIpc) is 2.77. The standard InChI is InChI=1S/C15H12FN3O/c1-9-7-8-13-17-14(11-5-3-4-6-12(11)16)15(10(2)20)19(13)18-9/h3-8H,1-2H3. The van der Waals surface area contributed by atoms with E-state index in [0.29, 0.717) is 22.6 Å². The number of Topliss-reactive ketones (excluding diaryl/α,β-unsaturated/α-hetero) is 1. The predicted molar refractivity (Wildman–Crippen MR) is 73.1 cm³/mol. The second-order valence-electron chi connectivity index (χ2n) is 4.59. The number of aromatic nitrogens is 3. The number of fused-ring (bicyclic) bond motifs is 1. The summed E-state index contributed by atoms with van der Waals surface area (Å²) in [5, 5.41) is 4.28. The first-order valence-corrected chi connectivity index (χ1v) is 6.20. The summed E-state index contributed by atoms with van der Waals surface area (Å²) >= 11 is 0. The van der Waals surface area contributed by atoms with E-state index in [1.54, 1.807) is 30.3 Å². The Morgan fingerprint density at radius 3 is 2.65 bits per heavy atom. The third-order valence-electron chi connectivity index (χ3n) is 3.07. The molecule has 100 valence electrons. The summed E-state index contributed by atoms with van der Waals surface area (Å²) in [6.07, 6.45) is 0. The third kappa shape index (κ3) is 1.87. The summed E-state index contributed by atoms with van der Waals surface area (Å²) in [7, 11) is 0. The zero-order valence-corrected chi connectivity index (χ0v) is 11.1. The SMILES string of the molecule is CC(=O)c1c(-c2ccccc2F)nc2ccc(C)nn12. The number of ketones is 1. The van der Waals surface area contributed by atoms with Gasteiger partial charge in [-0.15, -0.1) is 0 Å². The van der Waals surface area contributed by atoms with Crippen LogP contribution in [0.15, 0.2) is 36.4 Å². The van der Waals surface area contributed by atoms with Crippen LogP contribution in [0.2, 0.25) is 0 Å². The minimum Gasteiger partial charge on any atom is -0.293 e. The summed E-state index contributed by atoms with van der Waals surface area (Å²) in [6.45, 7) is 3.25. The van der Waals surface area contributed by atoms with Crippen LogP contribution < -0.4 is 0 Å². The van der Waals surface area contributed by atoms with E-state index in [-0.39, 0.29) is 5.78 Å². The lowest BCUT2D eigenvalue weighted by Crippen LogP contribution is -2.04. The van der Waals surface area contributed by atoms with Crippen LogP contribution in [-0.4, -0.2) is 20.4 Å². The van der Waals surface area contributed by atoms with Gasteiger partial charge >= 0.3 is 0 Å². The fourth-order valence-corrected chi connectivity index (χ4v) is 2.18. The first-order chi connectivity index (χ1) is 9.58. The molecule has 0 saturated carbocycles. The maximum absolute atomic E-state index is 13.9. The smallest absolute Gasteiger partial charge is 0.180 e. The lowest BCUT2D eigenvalue weighted by atomic mass is 10.1. The van der Waals surface area contributed by atoms with Crippen LogP contribution in [-0.2, 0) is 0 Å². The van der Waals surface area contributed by atoms with Crippen LogP contribution in [0.4, 0.5) is 4.39 Å². The first-order valence-electron chi connectivity index (χ1n) is 6.20. The topological polar surface area (TPSA) is 47.3 Å². The molecule has 0 fully saturated rings. The molecule has 0 aliphatic heterocycles. The van der Waals surface area contributed by atoms with E-state index in [1.165, 1.54) is 17.5 Å². The highest BCUT2D eigenvalue weighted by Gasteiger charge is 2.20. The Hall–Kier alpha value is -2.56. The molecule has 4 nitrogen and oxygen atoms in total. The molecule has 0 spiro atoms. The van der Waals surface area contributed by atoms with Crippen LogP contribution >= 0.6 is 0 Å². The molecule has 0 bridgehead atoms. The molecule has 0 aliphatic carbocycles. The monoisotopic (exact) mass is 269 g/mol. The van der Waals surface area contributed by atoms with Gasteiger partial charge < -0.3 is 0 Å². The van der Waals surface area contributed by atoms with Gasteiger partial charge in [0.05, 0.1) is 5.69 Å². The Morgan fingerprint density at radius 2 is 1.95 bits per heavy atom. The molecule has 3 aromatic rings. The fourth-order valence-electron chi connectivity index (χ4n) is 2.18. The van der Waals surface area contributed by atoms with Crippen molar-refractivity contribution < 1.29 is 9.18 Å². The molecule has 2 aromatic heterocycles. The minimum absolute atomic E-state index is 0.200. The molecule has 3 rings (SSSR count). The maximum atomic E-state index is 13.9. The van der Waals surface area contributed by atoms with Crippen molar-refractivity contribution in [2.75, 3.05) is 0 Å². The minimum atomic E-state index is -0.407. The van der Waals surface area contributed by atoms with Gasteiger partial charge in [-0.3, -0.25) is 4.79 Å². The second kappa shape index (κ2) is 4.52. The van der Waals surface area contributed by atoms with Gasteiger partial charge in [0.2, 0.25) is 0 Å². The number of benzene rings is 1. The highest BCUT2D eigenvalue weighted by Crippen LogP contribution is 2.26. The Bertz CT molecular complexity index is 823. The van der Waals surface area contributed by atoms with E-state index in [0.717, 1.165) is 5.69 Å². The van der Waals surface area contributed by atoms with Gasteiger partial charge in [-0.2, -0.15) is 5.10 Å². The van der Waals surface area contributed by atoms with Gasteiger partial charge in [0, 0.05) is 12.5 Å². The van der Waals surface area contributed by atoms with E-state index in [9.17, 15) is 9.18 Å². The van der Waals surface area contributed by atoms with E-state index in [4.69, 9.17) is 0 Å². The number of nitrogens with zero attached hydrogens (tertiary/aromatic N) is 3. The van der Waals surface area contributed by atoms with E-state index in [2.05, 4.69) is 10.1 Å². The molecule has 0 unspecified atom stereocenters. The zero-order chi connectivity index (χ0) is 14.3. The molecule has 0 N–H and O–H groups in total. The number of carbonyl (C=O) groups is 1. The van der Waals surface area contributed by atoms with E-state index < -0.39 is 5.82 Å². The van der Waals surface area contributed by atoms with Crippen molar-refractivity contribution in [3.05, 3.63) is 53.6 Å². The number of halogens is 1. The number of aryl methyl sites for hydroxylation is 1. The molecule has 0 saturated heterocycles. The average molecular weight is 269 g/mol. The normalized spacial score (nSPS) is 10.9. The van der Waals surface area contributed by atoms with Gasteiger partial charge in [0.25, 0.3) is 0 Å². The first kappa shape index (κ1) is 12.5. The zero-order valence-electron chi connectivity index (χ0n) is 11.1. The summed E-state index contributed by atoms with van der Waals surface area (Å²) in [5.74, 6) is -0.607. The molecular formula is C15H12FN3O. The second-order valence-corrected chi connectivity index (χ2v) is 4.59. The molecule has 20 heavy (non-hydrogen) atoms. The lowest BCUT2D eigenvalue weighted by Gasteiger charge is -2.02. The van der Waals surface area contributed by atoms with Crippen molar-refractivity contribution >= 4 is 11.4 Å². The Labute approximate surface area is 114 Å². The van der Waals surface area contributed by atoms with Crippen LogP contribution in [0.1, 0.15) is 23.1 Å². The number of hydrogen-bond acceptors (Lipinski definition) is 3. The molecule has 0 aliphatic rings. The highest BCUT2D eigenvalue weighted by atomic mass is 19.1. The van der Waals surface area contributed by atoms with Gasteiger partial charge in [0.1, 0.15) is 17.2 Å². The van der Waals surface area contributed by atoms with Gasteiger partial charge in [0.15, 0.2) is 11.4 Å². The molecule has 2 heterocycles. The van der Waals surface area contributed by atoms with Crippen molar-refractivity contribution in [2.24, 2.45) is 0 Å². The Kier molecular flexibility index (Phi) is 2.82. The van der Waals surface area contributed by atoms with Gasteiger partial charge in [-0.25, -0.2) is 13.9 Å². The van der Waals surface area contributed by atoms with Crippen molar-refractivity contribution in [1.82, 2.24) is 14.6 Å². The van der Waals surface area contributed by atoms with Crippen molar-refractivity contribution in [2.45, 2.75) is 13.8 Å². The van der Waals surface area contributed by atoms with Crippen LogP contribution in [0.25, 0.3) is 16.9 Å². The molecule has 1 aromatic carbocycles. The summed E-state index contributed by atoms with van der Waals surface area (Å²) in [6, 6.07) is 9.84. The largest absolute Gasteiger partial charge is 0.293 e. The number of imidazole rings is 1. The van der Waals surface area contributed by atoms with Gasteiger partial charge in [-0.1, -0.05) is 12.1 Å². The van der Waals surface area contributed by atoms with Crippen molar-refractivity contribution in [1.29, 1.82) is 0 Å². The molecular weight excluding hydrogens is 257 g/mol. The summed E-state index contributed by atoms with van der Waals surface area (Å²) in [5.41, 5.74) is 2.22. The van der Waals surface area contributed by atoms with E-state index >= 15 is 0 Å². The van der Waals surface area contributed by atoms with Crippen LogP contribution in [0, 0.1) is 12.7 Å². The van der Waals surface area contributed by atoms with Crippen LogP contribution in [0.5, 0.6) is 0 Å². The maximum Gasteiger partial charge on any atom is 0.180 e. The predicted octanol–water partition coefficient (Wildman–Crippen LogP) is 3.05. The van der Waals surface area contributed by atoms with E-state index in [1.807, 2.05) is 6.92 Å².